The van der Waals surface area contributed by atoms with Gasteiger partial charge in [-0.2, -0.15) is 13.2 Å². The number of nitrogens with zero attached hydrogens (tertiary/aromatic N) is 3. The monoisotopic (exact) mass is 333 g/mol. The molecule has 1 aliphatic heterocycles. The van der Waals surface area contributed by atoms with Crippen molar-refractivity contribution in [2.75, 3.05) is 18.0 Å². The molecule has 126 valence electrons. The standard InChI is InChI=1S/C18H18F3N3/c1-13-22-16(12-17(23-13)24-9-2-3-10-24)8-7-14-5-4-6-15(11-14)18(19,20)21/h4-8,11-12H,2-3,9-10H2,1H3. The quantitative estimate of drug-likeness (QED) is 0.823. The van der Waals surface area contributed by atoms with Gasteiger partial charge in [0, 0.05) is 19.2 Å². The van der Waals surface area contributed by atoms with E-state index < -0.39 is 11.7 Å². The predicted molar refractivity (Wildman–Crippen MR) is 88.6 cm³/mol. The van der Waals surface area contributed by atoms with Gasteiger partial charge in [0.25, 0.3) is 0 Å². The number of alkyl halides is 3. The molecule has 3 rings (SSSR count). The Morgan fingerprint density at radius 1 is 1.04 bits per heavy atom. The molecule has 1 fully saturated rings. The number of hydrogen-bond acceptors (Lipinski definition) is 3. The van der Waals surface area contributed by atoms with E-state index in [1.165, 1.54) is 6.07 Å². The molecule has 1 aromatic carbocycles. The molecular weight excluding hydrogens is 315 g/mol. The molecule has 0 N–H and O–H groups in total. The van der Waals surface area contributed by atoms with Gasteiger partial charge in [0.05, 0.1) is 11.3 Å². The molecule has 0 aliphatic carbocycles. The minimum atomic E-state index is -4.34. The van der Waals surface area contributed by atoms with Crippen LogP contribution in [0.15, 0.2) is 30.3 Å². The first-order chi connectivity index (χ1) is 11.4. The van der Waals surface area contributed by atoms with Gasteiger partial charge in [-0.3, -0.25) is 0 Å². The minimum Gasteiger partial charge on any atom is -0.356 e. The smallest absolute Gasteiger partial charge is 0.356 e. The van der Waals surface area contributed by atoms with E-state index >= 15 is 0 Å². The molecule has 0 unspecified atom stereocenters. The first kappa shape index (κ1) is 16.5. The average Bonchev–Trinajstić information content (AvgIpc) is 3.06. The zero-order chi connectivity index (χ0) is 17.2. The predicted octanol–water partition coefficient (Wildman–Crippen LogP) is 4.57. The number of hydrogen-bond donors (Lipinski definition) is 0. The van der Waals surface area contributed by atoms with Gasteiger partial charge >= 0.3 is 6.18 Å². The summed E-state index contributed by atoms with van der Waals surface area (Å²) in [6.45, 7) is 3.78. The van der Waals surface area contributed by atoms with E-state index in [-0.39, 0.29) is 0 Å². The molecule has 0 radical (unpaired) electrons. The topological polar surface area (TPSA) is 29.0 Å². The van der Waals surface area contributed by atoms with Crippen LogP contribution >= 0.6 is 0 Å². The van der Waals surface area contributed by atoms with Crippen LogP contribution in [0.4, 0.5) is 19.0 Å². The fourth-order valence-corrected chi connectivity index (χ4v) is 2.77. The van der Waals surface area contributed by atoms with Gasteiger partial charge in [-0.1, -0.05) is 18.2 Å². The highest BCUT2D eigenvalue weighted by molar-refractivity contribution is 5.69. The van der Waals surface area contributed by atoms with E-state index in [1.54, 1.807) is 18.2 Å². The van der Waals surface area contributed by atoms with Crippen molar-refractivity contribution < 1.29 is 13.2 Å². The first-order valence-corrected chi connectivity index (χ1v) is 7.88. The second-order valence-corrected chi connectivity index (χ2v) is 5.85. The molecule has 2 heterocycles. The van der Waals surface area contributed by atoms with Crippen LogP contribution < -0.4 is 4.90 Å². The van der Waals surface area contributed by atoms with E-state index in [9.17, 15) is 13.2 Å². The van der Waals surface area contributed by atoms with Crippen molar-refractivity contribution in [3.63, 3.8) is 0 Å². The van der Waals surface area contributed by atoms with Crippen LogP contribution in [0.1, 0.15) is 35.5 Å². The van der Waals surface area contributed by atoms with Gasteiger partial charge < -0.3 is 4.90 Å². The first-order valence-electron chi connectivity index (χ1n) is 7.88. The molecule has 0 amide bonds. The highest BCUT2D eigenvalue weighted by Crippen LogP contribution is 2.30. The maximum Gasteiger partial charge on any atom is 0.416 e. The summed E-state index contributed by atoms with van der Waals surface area (Å²) in [5.41, 5.74) is 0.534. The van der Waals surface area contributed by atoms with Gasteiger partial charge in [-0.15, -0.1) is 0 Å². The number of aromatic nitrogens is 2. The van der Waals surface area contributed by atoms with Crippen LogP contribution in [0.5, 0.6) is 0 Å². The Kier molecular flexibility index (Phi) is 4.55. The van der Waals surface area contributed by atoms with Crippen molar-refractivity contribution in [3.05, 3.63) is 53.0 Å². The van der Waals surface area contributed by atoms with E-state index in [0.29, 0.717) is 17.1 Å². The molecule has 1 aromatic heterocycles. The molecule has 24 heavy (non-hydrogen) atoms. The van der Waals surface area contributed by atoms with E-state index in [2.05, 4.69) is 14.9 Å². The third-order valence-electron chi connectivity index (χ3n) is 3.93. The normalized spacial score (nSPS) is 15.4. The molecule has 2 aromatic rings. The molecule has 3 nitrogen and oxygen atoms in total. The number of halogens is 3. The van der Waals surface area contributed by atoms with Crippen molar-refractivity contribution >= 4 is 18.0 Å². The Bertz CT molecular complexity index is 747. The molecule has 0 saturated carbocycles. The van der Waals surface area contributed by atoms with Gasteiger partial charge in [-0.25, -0.2) is 9.97 Å². The van der Waals surface area contributed by atoms with Crippen molar-refractivity contribution in [3.8, 4) is 0 Å². The van der Waals surface area contributed by atoms with E-state index in [0.717, 1.165) is 43.9 Å². The summed E-state index contributed by atoms with van der Waals surface area (Å²) < 4.78 is 38.3. The fourth-order valence-electron chi connectivity index (χ4n) is 2.77. The van der Waals surface area contributed by atoms with Crippen LogP contribution in [0.3, 0.4) is 0 Å². The highest BCUT2D eigenvalue weighted by atomic mass is 19.4. The summed E-state index contributed by atoms with van der Waals surface area (Å²) in [4.78, 5) is 11.0. The summed E-state index contributed by atoms with van der Waals surface area (Å²) in [7, 11) is 0. The summed E-state index contributed by atoms with van der Waals surface area (Å²) in [6, 6.07) is 7.12. The zero-order valence-electron chi connectivity index (χ0n) is 13.3. The summed E-state index contributed by atoms with van der Waals surface area (Å²) in [5, 5.41) is 0. The lowest BCUT2D eigenvalue weighted by Crippen LogP contribution is -2.19. The van der Waals surface area contributed by atoms with Crippen molar-refractivity contribution in [1.82, 2.24) is 9.97 Å². The summed E-state index contributed by atoms with van der Waals surface area (Å²) >= 11 is 0. The second-order valence-electron chi connectivity index (χ2n) is 5.85. The Hall–Kier alpha value is -2.37. The molecule has 1 aliphatic rings. The van der Waals surface area contributed by atoms with Crippen LogP contribution in [-0.2, 0) is 6.18 Å². The van der Waals surface area contributed by atoms with Crippen LogP contribution in [-0.4, -0.2) is 23.1 Å². The lowest BCUT2D eigenvalue weighted by Gasteiger charge is -2.16. The Balaban J connectivity index is 1.84. The third-order valence-corrected chi connectivity index (χ3v) is 3.93. The Labute approximate surface area is 138 Å². The van der Waals surface area contributed by atoms with Gasteiger partial charge in [0.1, 0.15) is 11.6 Å². The lowest BCUT2D eigenvalue weighted by molar-refractivity contribution is -0.137. The SMILES string of the molecule is Cc1nc(C=Cc2cccc(C(F)(F)F)c2)cc(N2CCCC2)n1. The lowest BCUT2D eigenvalue weighted by atomic mass is 10.1. The summed E-state index contributed by atoms with van der Waals surface area (Å²) in [5.74, 6) is 1.53. The fraction of sp³-hybridized carbons (Fsp3) is 0.333. The molecule has 6 heteroatoms. The third kappa shape index (κ3) is 3.93. The van der Waals surface area contributed by atoms with Gasteiger partial charge in [0.15, 0.2) is 0 Å². The zero-order valence-corrected chi connectivity index (χ0v) is 13.3. The summed E-state index contributed by atoms with van der Waals surface area (Å²) in [6.07, 6.45) is 1.34. The van der Waals surface area contributed by atoms with Crippen molar-refractivity contribution in [1.29, 1.82) is 0 Å². The molecule has 0 spiro atoms. The maximum absolute atomic E-state index is 12.8. The molecular formula is C18H18F3N3. The number of aryl methyl sites for hydroxylation is 1. The Morgan fingerprint density at radius 3 is 2.50 bits per heavy atom. The number of benzene rings is 1. The minimum absolute atomic E-state index is 0.490. The van der Waals surface area contributed by atoms with Gasteiger partial charge in [-0.05, 0) is 43.5 Å². The molecule has 1 saturated heterocycles. The maximum atomic E-state index is 12.8. The second kappa shape index (κ2) is 6.63. The van der Waals surface area contributed by atoms with Crippen LogP contribution in [0, 0.1) is 6.92 Å². The van der Waals surface area contributed by atoms with Crippen LogP contribution in [0.25, 0.3) is 12.2 Å². The highest BCUT2D eigenvalue weighted by Gasteiger charge is 2.30. The van der Waals surface area contributed by atoms with Crippen LogP contribution in [0.2, 0.25) is 0 Å². The van der Waals surface area contributed by atoms with Crippen molar-refractivity contribution in [2.24, 2.45) is 0 Å². The largest absolute Gasteiger partial charge is 0.416 e. The molecule has 0 bridgehead atoms. The Morgan fingerprint density at radius 2 is 1.79 bits per heavy atom. The average molecular weight is 333 g/mol. The number of anilines is 1. The number of rotatable bonds is 3. The van der Waals surface area contributed by atoms with E-state index in [1.807, 2.05) is 13.0 Å². The molecule has 0 atom stereocenters. The van der Waals surface area contributed by atoms with E-state index in [4.69, 9.17) is 0 Å². The van der Waals surface area contributed by atoms with Gasteiger partial charge in [0.2, 0.25) is 0 Å². The van der Waals surface area contributed by atoms with Crippen molar-refractivity contribution in [2.45, 2.75) is 25.9 Å².